The zero-order valence-electron chi connectivity index (χ0n) is 16.9. The van der Waals surface area contributed by atoms with Crippen LogP contribution in [-0.2, 0) is 4.79 Å². The summed E-state index contributed by atoms with van der Waals surface area (Å²) in [4.78, 5) is 23.6. The van der Waals surface area contributed by atoms with Crippen LogP contribution in [0.2, 0.25) is 0 Å². The van der Waals surface area contributed by atoms with Gasteiger partial charge in [-0.2, -0.15) is 0 Å². The topological polar surface area (TPSA) is 59.9 Å². The van der Waals surface area contributed by atoms with Gasteiger partial charge >= 0.3 is 0 Å². The van der Waals surface area contributed by atoms with E-state index in [-0.39, 0.29) is 11.8 Å². The normalized spacial score (nSPS) is 19.9. The maximum absolute atomic E-state index is 12.7. The van der Waals surface area contributed by atoms with Crippen LogP contribution in [0, 0.1) is 5.92 Å². The average Bonchev–Trinajstić information content (AvgIpc) is 2.80. The first-order chi connectivity index (χ1) is 14.2. The number of nitrogens with zero attached hydrogens (tertiary/aromatic N) is 4. The van der Waals surface area contributed by atoms with Crippen molar-refractivity contribution in [2.45, 2.75) is 18.9 Å². The number of carbonyl (C=O) groups excluding carboxylic acids is 1. The Bertz CT molecular complexity index is 770. The molecule has 2 aliphatic rings. The molecule has 0 saturated carbocycles. The van der Waals surface area contributed by atoms with Gasteiger partial charge in [-0.3, -0.25) is 9.69 Å². The molecule has 6 nitrogen and oxygen atoms in total. The summed E-state index contributed by atoms with van der Waals surface area (Å²) < 4.78 is 0. The molecule has 0 radical (unpaired) electrons. The number of hydrogen-bond acceptors (Lipinski definition) is 5. The molecular weight excluding hydrogens is 364 g/mol. The molecular formula is C23H30N4O2. The third kappa shape index (κ3) is 4.95. The number of carbonyl (C=O) groups is 1. The van der Waals surface area contributed by atoms with Gasteiger partial charge in [-0.15, -0.1) is 0 Å². The van der Waals surface area contributed by atoms with E-state index in [0.29, 0.717) is 6.54 Å². The maximum Gasteiger partial charge on any atom is 0.236 e. The summed E-state index contributed by atoms with van der Waals surface area (Å²) in [6.07, 6.45) is 3.26. The summed E-state index contributed by atoms with van der Waals surface area (Å²) in [6.45, 7) is 5.37. The molecule has 154 valence electrons. The first-order valence-corrected chi connectivity index (χ1v) is 10.6. The quantitative estimate of drug-likeness (QED) is 0.842. The Morgan fingerprint density at radius 2 is 1.66 bits per heavy atom. The van der Waals surface area contributed by atoms with E-state index in [1.54, 1.807) is 0 Å². The predicted molar refractivity (Wildman–Crippen MR) is 114 cm³/mol. The fraction of sp³-hybridized carbons (Fsp3) is 0.478. The van der Waals surface area contributed by atoms with E-state index in [9.17, 15) is 9.90 Å². The van der Waals surface area contributed by atoms with Gasteiger partial charge in [0.05, 0.1) is 12.6 Å². The highest BCUT2D eigenvalue weighted by atomic mass is 16.3. The molecule has 0 spiro atoms. The molecule has 1 amide bonds. The summed E-state index contributed by atoms with van der Waals surface area (Å²) in [5.74, 6) is 1.47. The van der Waals surface area contributed by atoms with E-state index in [4.69, 9.17) is 0 Å². The SMILES string of the molecule is O=C(CN1CCC(C(O)c2ccccc2)CC1)N1CCN(c2ccccn2)CC1. The van der Waals surface area contributed by atoms with Crippen molar-refractivity contribution in [2.24, 2.45) is 5.92 Å². The molecule has 6 heteroatoms. The van der Waals surface area contributed by atoms with Crippen LogP contribution < -0.4 is 4.90 Å². The second-order valence-corrected chi connectivity index (χ2v) is 8.02. The van der Waals surface area contributed by atoms with Crippen molar-refractivity contribution in [3.63, 3.8) is 0 Å². The van der Waals surface area contributed by atoms with E-state index >= 15 is 0 Å². The van der Waals surface area contributed by atoms with E-state index in [0.717, 1.165) is 63.5 Å². The zero-order chi connectivity index (χ0) is 20.1. The lowest BCUT2D eigenvalue weighted by molar-refractivity contribution is -0.133. The number of piperazine rings is 1. The van der Waals surface area contributed by atoms with Crippen molar-refractivity contribution in [1.82, 2.24) is 14.8 Å². The summed E-state index contributed by atoms with van der Waals surface area (Å²) >= 11 is 0. The number of aliphatic hydroxyl groups is 1. The van der Waals surface area contributed by atoms with Crippen molar-refractivity contribution in [1.29, 1.82) is 0 Å². The van der Waals surface area contributed by atoms with Crippen molar-refractivity contribution in [2.75, 3.05) is 50.7 Å². The van der Waals surface area contributed by atoms with Crippen LogP contribution >= 0.6 is 0 Å². The molecule has 1 atom stereocenters. The van der Waals surface area contributed by atoms with Crippen LogP contribution in [0.5, 0.6) is 0 Å². The van der Waals surface area contributed by atoms with Crippen LogP contribution in [0.1, 0.15) is 24.5 Å². The minimum absolute atomic E-state index is 0.215. The monoisotopic (exact) mass is 394 g/mol. The Labute approximate surface area is 172 Å². The lowest BCUT2D eigenvalue weighted by atomic mass is 9.87. The van der Waals surface area contributed by atoms with E-state index in [2.05, 4.69) is 14.8 Å². The van der Waals surface area contributed by atoms with Crippen molar-refractivity contribution in [3.05, 3.63) is 60.3 Å². The molecule has 0 aliphatic carbocycles. The smallest absolute Gasteiger partial charge is 0.236 e. The molecule has 29 heavy (non-hydrogen) atoms. The second kappa shape index (κ2) is 9.37. The largest absolute Gasteiger partial charge is 0.388 e. The van der Waals surface area contributed by atoms with Gasteiger partial charge in [0.2, 0.25) is 5.91 Å². The van der Waals surface area contributed by atoms with E-state index in [1.807, 2.05) is 59.6 Å². The number of likely N-dealkylation sites (tertiary alicyclic amines) is 1. The molecule has 2 aromatic rings. The lowest BCUT2D eigenvalue weighted by Gasteiger charge is -2.38. The van der Waals surface area contributed by atoms with Gasteiger partial charge in [-0.1, -0.05) is 36.4 Å². The summed E-state index contributed by atoms with van der Waals surface area (Å²) in [6, 6.07) is 15.8. The van der Waals surface area contributed by atoms with Crippen LogP contribution in [0.25, 0.3) is 0 Å². The number of anilines is 1. The van der Waals surface area contributed by atoms with Gasteiger partial charge in [-0.05, 0) is 49.5 Å². The van der Waals surface area contributed by atoms with Crippen molar-refractivity contribution >= 4 is 11.7 Å². The average molecular weight is 395 g/mol. The Morgan fingerprint density at radius 3 is 2.31 bits per heavy atom. The van der Waals surface area contributed by atoms with Gasteiger partial charge in [0.1, 0.15) is 5.82 Å². The van der Waals surface area contributed by atoms with Gasteiger partial charge in [0.25, 0.3) is 0 Å². The number of rotatable bonds is 5. The number of aliphatic hydroxyl groups excluding tert-OH is 1. The molecule has 2 aliphatic heterocycles. The predicted octanol–water partition coefficient (Wildman–Crippen LogP) is 2.18. The Morgan fingerprint density at radius 1 is 0.966 bits per heavy atom. The number of aromatic nitrogens is 1. The molecule has 0 bridgehead atoms. The minimum atomic E-state index is -0.409. The van der Waals surface area contributed by atoms with Crippen molar-refractivity contribution < 1.29 is 9.90 Å². The first kappa shape index (κ1) is 19.9. The Balaban J connectivity index is 1.21. The van der Waals surface area contributed by atoms with E-state index < -0.39 is 6.10 Å². The lowest BCUT2D eigenvalue weighted by Crippen LogP contribution is -2.52. The Kier molecular flexibility index (Phi) is 6.42. The number of benzene rings is 1. The van der Waals surface area contributed by atoms with Gasteiger partial charge < -0.3 is 14.9 Å². The van der Waals surface area contributed by atoms with Crippen LogP contribution in [0.4, 0.5) is 5.82 Å². The number of pyridine rings is 1. The highest BCUT2D eigenvalue weighted by Gasteiger charge is 2.28. The number of amides is 1. The third-order valence-electron chi connectivity index (χ3n) is 6.18. The fourth-order valence-corrected chi connectivity index (χ4v) is 4.37. The molecule has 2 saturated heterocycles. The molecule has 1 unspecified atom stereocenters. The van der Waals surface area contributed by atoms with Gasteiger partial charge in [0.15, 0.2) is 0 Å². The van der Waals surface area contributed by atoms with Crippen LogP contribution in [0.15, 0.2) is 54.7 Å². The molecule has 4 rings (SSSR count). The summed E-state index contributed by atoms with van der Waals surface area (Å²) in [5.41, 5.74) is 0.993. The number of piperidine rings is 1. The maximum atomic E-state index is 12.7. The van der Waals surface area contributed by atoms with Crippen molar-refractivity contribution in [3.8, 4) is 0 Å². The number of hydrogen-bond donors (Lipinski definition) is 1. The molecule has 1 aromatic heterocycles. The van der Waals surface area contributed by atoms with Gasteiger partial charge in [0, 0.05) is 32.4 Å². The fourth-order valence-electron chi connectivity index (χ4n) is 4.37. The third-order valence-corrected chi connectivity index (χ3v) is 6.18. The zero-order valence-corrected chi connectivity index (χ0v) is 16.9. The molecule has 1 aromatic carbocycles. The molecule has 3 heterocycles. The van der Waals surface area contributed by atoms with Gasteiger partial charge in [-0.25, -0.2) is 4.98 Å². The van der Waals surface area contributed by atoms with Crippen LogP contribution in [-0.4, -0.2) is 71.6 Å². The van der Waals surface area contributed by atoms with E-state index in [1.165, 1.54) is 0 Å². The highest BCUT2D eigenvalue weighted by molar-refractivity contribution is 5.78. The molecule has 2 fully saturated rings. The second-order valence-electron chi connectivity index (χ2n) is 8.02. The first-order valence-electron chi connectivity index (χ1n) is 10.6. The summed E-state index contributed by atoms with van der Waals surface area (Å²) in [5, 5.41) is 10.6. The highest BCUT2D eigenvalue weighted by Crippen LogP contribution is 2.30. The Hall–Kier alpha value is -2.44. The van der Waals surface area contributed by atoms with Crippen LogP contribution in [0.3, 0.4) is 0 Å². The standard InChI is InChI=1S/C23H30N4O2/c28-22(27-16-14-26(15-17-27)21-8-4-5-11-24-21)18-25-12-9-20(10-13-25)23(29)19-6-2-1-3-7-19/h1-8,11,20,23,29H,9-10,12-18H2. The minimum Gasteiger partial charge on any atom is -0.388 e. The molecule has 1 N–H and O–H groups in total. The summed E-state index contributed by atoms with van der Waals surface area (Å²) in [7, 11) is 0.